The lowest BCUT2D eigenvalue weighted by atomic mass is 10.2. The number of ether oxygens (including phenoxy) is 1. The smallest absolute Gasteiger partial charge is 0.273 e. The lowest BCUT2D eigenvalue weighted by Gasteiger charge is -2.08. The molecule has 0 saturated heterocycles. The van der Waals surface area contributed by atoms with Crippen LogP contribution in [0.3, 0.4) is 0 Å². The van der Waals surface area contributed by atoms with E-state index in [0.29, 0.717) is 15.1 Å². The highest BCUT2D eigenvalue weighted by atomic mass is 35.5. The van der Waals surface area contributed by atoms with Gasteiger partial charge in [0.05, 0.1) is 26.1 Å². The number of hydrogen-bond donors (Lipinski definition) is 0. The van der Waals surface area contributed by atoms with Crippen LogP contribution in [0.5, 0.6) is 5.75 Å². The summed E-state index contributed by atoms with van der Waals surface area (Å²) in [5.41, 5.74) is 0.695. The molecule has 0 spiro atoms. The number of hydrogen-bond acceptors (Lipinski definition) is 3. The molecule has 2 aromatic rings. The maximum absolute atomic E-state index is 10.7. The number of nitro groups is 1. The third kappa shape index (κ3) is 3.54. The summed E-state index contributed by atoms with van der Waals surface area (Å²) in [4.78, 5) is 10.2. The Labute approximate surface area is 130 Å². The van der Waals surface area contributed by atoms with Crippen molar-refractivity contribution in [2.24, 2.45) is 0 Å². The number of non-ortho nitro benzene ring substituents is 1. The van der Waals surface area contributed by atoms with Crippen molar-refractivity contribution in [3.63, 3.8) is 0 Å². The van der Waals surface area contributed by atoms with E-state index >= 15 is 0 Å². The Hall–Kier alpha value is -1.49. The van der Waals surface area contributed by atoms with E-state index in [1.165, 1.54) is 18.2 Å². The molecule has 0 aromatic heterocycles. The van der Waals surface area contributed by atoms with Crippen molar-refractivity contribution in [2.45, 2.75) is 6.61 Å². The summed E-state index contributed by atoms with van der Waals surface area (Å²) < 4.78 is 5.47. The maximum Gasteiger partial charge on any atom is 0.273 e. The van der Waals surface area contributed by atoms with E-state index in [4.69, 9.17) is 39.5 Å². The van der Waals surface area contributed by atoms with Crippen LogP contribution < -0.4 is 4.74 Å². The van der Waals surface area contributed by atoms with E-state index < -0.39 is 4.92 Å². The van der Waals surface area contributed by atoms with Gasteiger partial charge in [-0.1, -0.05) is 40.9 Å². The van der Waals surface area contributed by atoms with Gasteiger partial charge in [-0.2, -0.15) is 0 Å². The van der Waals surface area contributed by atoms with Crippen LogP contribution in [0.1, 0.15) is 5.56 Å². The normalized spacial score (nSPS) is 10.3. The molecule has 0 aliphatic carbocycles. The van der Waals surface area contributed by atoms with E-state index in [-0.39, 0.29) is 18.0 Å². The molecule has 0 saturated carbocycles. The molecule has 20 heavy (non-hydrogen) atoms. The SMILES string of the molecule is O=[N+]([O-])c1ccc(Cl)c(OCc2ccc(Cl)c(Cl)c2)c1. The molecular formula is C13H8Cl3NO3. The van der Waals surface area contributed by atoms with Crippen molar-refractivity contribution in [2.75, 3.05) is 0 Å². The summed E-state index contributed by atoms with van der Waals surface area (Å²) in [6.07, 6.45) is 0. The Bertz CT molecular complexity index is 661. The molecule has 0 unspecified atom stereocenters. The second kappa shape index (κ2) is 6.31. The molecule has 104 valence electrons. The molecule has 0 bridgehead atoms. The Morgan fingerprint density at radius 2 is 1.70 bits per heavy atom. The predicted molar refractivity (Wildman–Crippen MR) is 78.9 cm³/mol. The topological polar surface area (TPSA) is 52.4 Å². The zero-order valence-corrected chi connectivity index (χ0v) is 12.2. The third-order valence-corrected chi connectivity index (χ3v) is 3.56. The molecule has 0 radical (unpaired) electrons. The van der Waals surface area contributed by atoms with Crippen molar-refractivity contribution < 1.29 is 9.66 Å². The van der Waals surface area contributed by atoms with Gasteiger partial charge >= 0.3 is 0 Å². The zero-order chi connectivity index (χ0) is 14.7. The van der Waals surface area contributed by atoms with Crippen LogP contribution in [-0.2, 0) is 6.61 Å². The van der Waals surface area contributed by atoms with Crippen molar-refractivity contribution in [3.8, 4) is 5.75 Å². The average molecular weight is 333 g/mol. The largest absolute Gasteiger partial charge is 0.487 e. The predicted octanol–water partition coefficient (Wildman–Crippen LogP) is 5.13. The quantitative estimate of drug-likeness (QED) is 0.576. The molecule has 2 rings (SSSR count). The van der Waals surface area contributed by atoms with Crippen LogP contribution in [0, 0.1) is 10.1 Å². The van der Waals surface area contributed by atoms with Crippen molar-refractivity contribution >= 4 is 40.5 Å². The zero-order valence-electron chi connectivity index (χ0n) is 9.98. The first-order valence-electron chi connectivity index (χ1n) is 5.48. The molecule has 0 aliphatic heterocycles. The molecule has 0 atom stereocenters. The number of nitrogens with zero attached hydrogens (tertiary/aromatic N) is 1. The van der Waals surface area contributed by atoms with E-state index in [1.54, 1.807) is 18.2 Å². The Kier molecular flexibility index (Phi) is 4.70. The van der Waals surface area contributed by atoms with Gasteiger partial charge in [-0.3, -0.25) is 10.1 Å². The Balaban J connectivity index is 2.15. The monoisotopic (exact) mass is 331 g/mol. The first-order chi connectivity index (χ1) is 9.47. The van der Waals surface area contributed by atoms with Gasteiger partial charge in [0.15, 0.2) is 0 Å². The number of benzene rings is 2. The lowest BCUT2D eigenvalue weighted by molar-refractivity contribution is -0.384. The molecule has 0 heterocycles. The molecule has 0 N–H and O–H groups in total. The summed E-state index contributed by atoms with van der Waals surface area (Å²) in [5.74, 6) is 0.243. The van der Waals surface area contributed by atoms with Crippen LogP contribution in [-0.4, -0.2) is 4.92 Å². The molecule has 0 aliphatic rings. The van der Waals surface area contributed by atoms with Gasteiger partial charge in [-0.05, 0) is 23.8 Å². The van der Waals surface area contributed by atoms with Crippen molar-refractivity contribution in [1.29, 1.82) is 0 Å². The van der Waals surface area contributed by atoms with Crippen LogP contribution >= 0.6 is 34.8 Å². The lowest BCUT2D eigenvalue weighted by Crippen LogP contribution is -1.97. The number of rotatable bonds is 4. The maximum atomic E-state index is 10.7. The number of halogens is 3. The summed E-state index contributed by atoms with van der Waals surface area (Å²) in [6, 6.07) is 9.07. The highest BCUT2D eigenvalue weighted by molar-refractivity contribution is 6.42. The molecular weight excluding hydrogens is 325 g/mol. The van der Waals surface area contributed by atoms with E-state index in [0.717, 1.165) is 5.56 Å². The first-order valence-corrected chi connectivity index (χ1v) is 6.61. The highest BCUT2D eigenvalue weighted by Crippen LogP contribution is 2.30. The fourth-order valence-electron chi connectivity index (χ4n) is 1.51. The van der Waals surface area contributed by atoms with Crippen LogP contribution in [0.4, 0.5) is 5.69 Å². The van der Waals surface area contributed by atoms with Crippen molar-refractivity contribution in [1.82, 2.24) is 0 Å². The summed E-state index contributed by atoms with van der Waals surface area (Å²) in [6.45, 7) is 0.178. The van der Waals surface area contributed by atoms with Gasteiger partial charge in [0.1, 0.15) is 12.4 Å². The standard InChI is InChI=1S/C13H8Cl3NO3/c14-10-3-1-8(5-12(10)16)7-20-13-6-9(17(18)19)2-4-11(13)15/h1-6H,7H2. The van der Waals surface area contributed by atoms with Gasteiger partial charge in [0.25, 0.3) is 5.69 Å². The molecule has 2 aromatic carbocycles. The van der Waals surface area contributed by atoms with Gasteiger partial charge in [0.2, 0.25) is 0 Å². The van der Waals surface area contributed by atoms with E-state index in [1.807, 2.05) is 0 Å². The molecule has 0 amide bonds. The highest BCUT2D eigenvalue weighted by Gasteiger charge is 2.11. The van der Waals surface area contributed by atoms with Crippen LogP contribution in [0.2, 0.25) is 15.1 Å². The Morgan fingerprint density at radius 3 is 2.35 bits per heavy atom. The van der Waals surface area contributed by atoms with Gasteiger partial charge in [0, 0.05) is 6.07 Å². The fourth-order valence-corrected chi connectivity index (χ4v) is 2.00. The summed E-state index contributed by atoms with van der Waals surface area (Å²) >= 11 is 17.6. The molecule has 4 nitrogen and oxygen atoms in total. The average Bonchev–Trinajstić information content (AvgIpc) is 2.41. The minimum atomic E-state index is -0.512. The third-order valence-electron chi connectivity index (χ3n) is 2.50. The van der Waals surface area contributed by atoms with Crippen LogP contribution in [0.15, 0.2) is 36.4 Å². The Morgan fingerprint density at radius 1 is 1.00 bits per heavy atom. The van der Waals surface area contributed by atoms with Gasteiger partial charge in [-0.25, -0.2) is 0 Å². The van der Waals surface area contributed by atoms with E-state index in [2.05, 4.69) is 0 Å². The second-order valence-corrected chi connectivity index (χ2v) is 5.13. The first kappa shape index (κ1) is 14.9. The minimum absolute atomic E-state index is 0.0847. The van der Waals surface area contributed by atoms with Crippen LogP contribution in [0.25, 0.3) is 0 Å². The second-order valence-electron chi connectivity index (χ2n) is 3.91. The van der Waals surface area contributed by atoms with E-state index in [9.17, 15) is 10.1 Å². The minimum Gasteiger partial charge on any atom is -0.487 e. The summed E-state index contributed by atoms with van der Waals surface area (Å²) in [5, 5.41) is 11.9. The van der Waals surface area contributed by atoms with Gasteiger partial charge < -0.3 is 4.74 Å². The molecule has 0 fully saturated rings. The fraction of sp³-hybridized carbons (Fsp3) is 0.0769. The van der Waals surface area contributed by atoms with Gasteiger partial charge in [-0.15, -0.1) is 0 Å². The summed E-state index contributed by atoms with van der Waals surface area (Å²) in [7, 11) is 0. The number of nitro benzene ring substituents is 1. The molecule has 7 heteroatoms. The van der Waals surface area contributed by atoms with Crippen molar-refractivity contribution in [3.05, 3.63) is 67.1 Å².